The van der Waals surface area contributed by atoms with Crippen LogP contribution in [0.1, 0.15) is 0 Å². The number of nitrogens with zero attached hydrogens (tertiary/aromatic N) is 7. The van der Waals surface area contributed by atoms with Gasteiger partial charge >= 0.3 is 0 Å². The molecule has 0 fully saturated rings. The summed E-state index contributed by atoms with van der Waals surface area (Å²) in [5.74, 6) is 1.61. The number of para-hydroxylation sites is 4. The van der Waals surface area contributed by atoms with E-state index in [-0.39, 0.29) is 0 Å². The van der Waals surface area contributed by atoms with Crippen molar-refractivity contribution < 1.29 is 8.83 Å². The Bertz CT molecular complexity index is 4420. The summed E-state index contributed by atoms with van der Waals surface area (Å²) < 4.78 is 17.0. The molecule has 0 bridgehead atoms. The number of fused-ring (bicyclic) bond motifs is 16. The second-order valence-electron chi connectivity index (χ2n) is 16.9. The molecule has 0 amide bonds. The van der Waals surface area contributed by atoms with Gasteiger partial charge in [0.15, 0.2) is 11.6 Å². The fourth-order valence-electron chi connectivity index (χ4n) is 10.3. The maximum atomic E-state index is 6.24. The first-order chi connectivity index (χ1) is 32.7. The van der Waals surface area contributed by atoms with Gasteiger partial charge in [-0.2, -0.15) is 9.97 Å². The molecule has 7 aromatic heterocycles. The lowest BCUT2D eigenvalue weighted by Crippen LogP contribution is -2.06. The molecular weight excluding hydrogens is 815 g/mol. The fraction of sp³-hybridized carbons (Fsp3) is 0. The van der Waals surface area contributed by atoms with Crippen LogP contribution in [0.2, 0.25) is 0 Å². The summed E-state index contributed by atoms with van der Waals surface area (Å²) in [5.41, 5.74) is 11.9. The molecule has 9 nitrogen and oxygen atoms in total. The second kappa shape index (κ2) is 13.2. The smallest absolute Gasteiger partial charge is 0.238 e. The molecule has 0 N–H and O–H groups in total. The number of rotatable bonds is 4. The van der Waals surface area contributed by atoms with Crippen molar-refractivity contribution in [3.8, 4) is 34.4 Å². The Balaban J connectivity index is 0.997. The highest BCUT2D eigenvalue weighted by atomic mass is 16.3. The van der Waals surface area contributed by atoms with Crippen molar-refractivity contribution in [1.29, 1.82) is 0 Å². The highest BCUT2D eigenvalue weighted by Crippen LogP contribution is 2.43. The van der Waals surface area contributed by atoms with E-state index < -0.39 is 0 Å². The van der Waals surface area contributed by atoms with Crippen LogP contribution in [0, 0.1) is 0 Å². The first-order valence-corrected chi connectivity index (χ1v) is 21.9. The van der Waals surface area contributed by atoms with Gasteiger partial charge in [-0.1, -0.05) is 91.0 Å². The molecular formula is C57H31N7O2. The van der Waals surface area contributed by atoms with Gasteiger partial charge in [0.2, 0.25) is 5.95 Å². The van der Waals surface area contributed by atoms with E-state index in [0.29, 0.717) is 17.6 Å². The Morgan fingerprint density at radius 1 is 0.364 bits per heavy atom. The Kier molecular flexibility index (Phi) is 7.04. The molecule has 0 saturated heterocycles. The third-order valence-electron chi connectivity index (χ3n) is 13.2. The molecule has 306 valence electrons. The molecule has 15 rings (SSSR count). The van der Waals surface area contributed by atoms with E-state index in [1.807, 2.05) is 79.1 Å². The number of benzene rings is 8. The van der Waals surface area contributed by atoms with Crippen molar-refractivity contribution in [2.45, 2.75) is 0 Å². The third-order valence-corrected chi connectivity index (χ3v) is 13.2. The first kappa shape index (κ1) is 35.3. The summed E-state index contributed by atoms with van der Waals surface area (Å²) in [6.45, 7) is 0. The summed E-state index contributed by atoms with van der Waals surface area (Å²) in [6.07, 6.45) is 3.80. The van der Waals surface area contributed by atoms with Gasteiger partial charge in [-0.05, 0) is 84.9 Å². The maximum absolute atomic E-state index is 6.24. The zero-order valence-corrected chi connectivity index (χ0v) is 34.8. The minimum Gasteiger partial charge on any atom is -0.456 e. The quantitative estimate of drug-likeness (QED) is 0.163. The lowest BCUT2D eigenvalue weighted by atomic mass is 10.1. The van der Waals surface area contributed by atoms with Crippen LogP contribution >= 0.6 is 0 Å². The largest absolute Gasteiger partial charge is 0.456 e. The first-order valence-electron chi connectivity index (χ1n) is 21.9. The lowest BCUT2D eigenvalue weighted by molar-refractivity contribution is 0.668. The van der Waals surface area contributed by atoms with Gasteiger partial charge in [0.25, 0.3) is 0 Å². The van der Waals surface area contributed by atoms with E-state index in [4.69, 9.17) is 28.8 Å². The summed E-state index contributed by atoms with van der Waals surface area (Å²) in [6, 6.07) is 60.7. The van der Waals surface area contributed by atoms with Crippen LogP contribution in [0.3, 0.4) is 0 Å². The van der Waals surface area contributed by atoms with Gasteiger partial charge < -0.3 is 13.4 Å². The van der Waals surface area contributed by atoms with Crippen molar-refractivity contribution >= 4 is 109 Å². The second-order valence-corrected chi connectivity index (χ2v) is 16.9. The fourth-order valence-corrected chi connectivity index (χ4v) is 10.3. The van der Waals surface area contributed by atoms with Crippen LogP contribution in [0.5, 0.6) is 0 Å². The Hall–Kier alpha value is -9.21. The standard InChI is InChI=1S/C57H31N7O2/c1-5-15-43-39(13-1)51-45(63(43)36-28-33-20-19-32-10-9-27-58-53(32)54(33)59-31-36)23-24-46-52(51)40-14-2-6-16-44(40)64(46)57-61-55(34-21-25-49-41(29-34)37-11-3-7-17-47(37)65-49)60-56(62-57)35-22-26-50-42(30-35)38-12-4-8-18-48(38)66-50/h1-31H. The molecule has 0 atom stereocenters. The van der Waals surface area contributed by atoms with Crippen molar-refractivity contribution in [2.24, 2.45) is 0 Å². The lowest BCUT2D eigenvalue weighted by Gasteiger charge is -2.11. The van der Waals surface area contributed by atoms with Crippen LogP contribution in [-0.4, -0.2) is 34.1 Å². The van der Waals surface area contributed by atoms with Crippen molar-refractivity contribution in [3.63, 3.8) is 0 Å². The zero-order chi connectivity index (χ0) is 43.0. The highest BCUT2D eigenvalue weighted by molar-refractivity contribution is 6.29. The van der Waals surface area contributed by atoms with Crippen molar-refractivity contribution in [1.82, 2.24) is 34.1 Å². The minimum atomic E-state index is 0.512. The molecule has 66 heavy (non-hydrogen) atoms. The van der Waals surface area contributed by atoms with Crippen LogP contribution in [0.25, 0.3) is 144 Å². The van der Waals surface area contributed by atoms with E-state index in [2.05, 4.69) is 123 Å². The van der Waals surface area contributed by atoms with E-state index in [1.165, 1.54) is 0 Å². The molecule has 0 aliphatic carbocycles. The Labute approximate surface area is 373 Å². The number of hydrogen-bond acceptors (Lipinski definition) is 7. The normalized spacial score (nSPS) is 12.2. The van der Waals surface area contributed by atoms with Crippen LogP contribution in [-0.2, 0) is 0 Å². The molecule has 0 aliphatic rings. The number of hydrogen-bond donors (Lipinski definition) is 0. The molecule has 0 aliphatic heterocycles. The zero-order valence-electron chi connectivity index (χ0n) is 34.8. The molecule has 7 heterocycles. The summed E-state index contributed by atoms with van der Waals surface area (Å²) in [5, 5.41) is 10.7. The summed E-state index contributed by atoms with van der Waals surface area (Å²) >= 11 is 0. The SMILES string of the molecule is c1cnc2c(c1)ccc1cc(-n3c4ccccc4c4c5c6ccccc6n(-c6nc(-c7ccc8oc9ccccc9c8c7)nc(-c7ccc8oc9ccccc9c8c7)n6)c5ccc43)cnc12. The molecule has 0 saturated carbocycles. The van der Waals surface area contributed by atoms with Crippen LogP contribution in [0.15, 0.2) is 197 Å². The average molecular weight is 846 g/mol. The van der Waals surface area contributed by atoms with Crippen molar-refractivity contribution in [2.75, 3.05) is 0 Å². The topological polar surface area (TPSA) is 101 Å². The van der Waals surface area contributed by atoms with Gasteiger partial charge in [0.1, 0.15) is 22.3 Å². The molecule has 0 unspecified atom stereocenters. The summed E-state index contributed by atoms with van der Waals surface area (Å²) in [7, 11) is 0. The highest BCUT2D eigenvalue weighted by Gasteiger charge is 2.24. The molecule has 15 aromatic rings. The predicted molar refractivity (Wildman–Crippen MR) is 265 cm³/mol. The monoisotopic (exact) mass is 845 g/mol. The van der Waals surface area contributed by atoms with Gasteiger partial charge in [-0.3, -0.25) is 14.5 Å². The average Bonchev–Trinajstić information content (AvgIpc) is 4.13. The minimum absolute atomic E-state index is 0.512. The molecule has 0 spiro atoms. The molecule has 9 heteroatoms. The van der Waals surface area contributed by atoms with E-state index in [0.717, 1.165) is 126 Å². The van der Waals surface area contributed by atoms with Gasteiger partial charge in [0, 0.05) is 71.2 Å². The third kappa shape index (κ3) is 4.96. The summed E-state index contributed by atoms with van der Waals surface area (Å²) in [4.78, 5) is 25.7. The Morgan fingerprint density at radius 2 is 0.894 bits per heavy atom. The van der Waals surface area contributed by atoms with Gasteiger partial charge in [0.05, 0.1) is 45.0 Å². The van der Waals surface area contributed by atoms with Gasteiger partial charge in [-0.15, -0.1) is 0 Å². The van der Waals surface area contributed by atoms with E-state index >= 15 is 0 Å². The van der Waals surface area contributed by atoms with Crippen molar-refractivity contribution in [3.05, 3.63) is 188 Å². The van der Waals surface area contributed by atoms with E-state index in [1.54, 1.807) is 0 Å². The molecule has 8 aromatic carbocycles. The number of aromatic nitrogens is 7. The number of furan rings is 2. The van der Waals surface area contributed by atoms with Crippen LogP contribution < -0.4 is 0 Å². The van der Waals surface area contributed by atoms with Gasteiger partial charge in [-0.25, -0.2) is 4.98 Å². The molecule has 0 radical (unpaired) electrons. The predicted octanol–water partition coefficient (Wildman–Crippen LogP) is 14.3. The van der Waals surface area contributed by atoms with E-state index in [9.17, 15) is 0 Å². The Morgan fingerprint density at radius 3 is 1.55 bits per heavy atom. The van der Waals surface area contributed by atoms with Crippen LogP contribution in [0.4, 0.5) is 0 Å². The maximum Gasteiger partial charge on any atom is 0.238 e. The number of pyridine rings is 2.